The molecule has 1 unspecified atom stereocenters. The predicted molar refractivity (Wildman–Crippen MR) is 84.6 cm³/mol. The van der Waals surface area contributed by atoms with Crippen molar-refractivity contribution in [3.05, 3.63) is 27.7 Å². The maximum atomic E-state index is 11.1. The molecular weight excluding hydrogens is 286 g/mol. The Bertz CT molecular complexity index is 640. The number of aromatic nitrogens is 3. The molecule has 2 aromatic rings. The lowest BCUT2D eigenvalue weighted by atomic mass is 10.1. The van der Waals surface area contributed by atoms with Crippen LogP contribution in [0.15, 0.2) is 11.4 Å². The van der Waals surface area contributed by atoms with E-state index in [1.165, 1.54) is 17.4 Å². The zero-order chi connectivity index (χ0) is 15.4. The lowest BCUT2D eigenvalue weighted by Gasteiger charge is -2.15. The zero-order valence-corrected chi connectivity index (χ0v) is 13.4. The minimum Gasteiger partial charge on any atom is -0.347 e. The van der Waals surface area contributed by atoms with E-state index in [1.807, 2.05) is 0 Å². The summed E-state index contributed by atoms with van der Waals surface area (Å²) in [6.07, 6.45) is 0.998. The van der Waals surface area contributed by atoms with E-state index < -0.39 is 0 Å². The second-order valence-corrected chi connectivity index (χ2v) is 5.69. The van der Waals surface area contributed by atoms with Gasteiger partial charge in [0.25, 0.3) is 0 Å². The van der Waals surface area contributed by atoms with Crippen LogP contribution in [0.25, 0.3) is 0 Å². The first-order valence-corrected chi connectivity index (χ1v) is 7.70. The summed E-state index contributed by atoms with van der Waals surface area (Å²) in [5.41, 5.74) is 1.33. The van der Waals surface area contributed by atoms with Gasteiger partial charge in [-0.3, -0.25) is 10.1 Å². The van der Waals surface area contributed by atoms with Crippen molar-refractivity contribution in [2.24, 2.45) is 0 Å². The summed E-state index contributed by atoms with van der Waals surface area (Å²) in [5, 5.41) is 7.94. The van der Waals surface area contributed by atoms with Crippen LogP contribution >= 0.6 is 11.3 Å². The number of hydrogen-bond donors (Lipinski definition) is 2. The summed E-state index contributed by atoms with van der Waals surface area (Å²) in [5.74, 6) is 1.09. The van der Waals surface area contributed by atoms with Gasteiger partial charge in [-0.05, 0) is 37.3 Å². The fraction of sp³-hybridized carbons (Fsp3) is 0.429. The fourth-order valence-electron chi connectivity index (χ4n) is 2.04. The van der Waals surface area contributed by atoms with Crippen LogP contribution in [0.4, 0.5) is 11.9 Å². The smallest absolute Gasteiger partial charge is 0.234 e. The van der Waals surface area contributed by atoms with Crippen LogP contribution in [-0.2, 0) is 11.2 Å². The van der Waals surface area contributed by atoms with Gasteiger partial charge in [-0.1, -0.05) is 6.92 Å². The maximum Gasteiger partial charge on any atom is 0.234 e. The Morgan fingerprint density at radius 1 is 1.33 bits per heavy atom. The van der Waals surface area contributed by atoms with Gasteiger partial charge in [0.1, 0.15) is 5.82 Å². The molecule has 2 rings (SSSR count). The Morgan fingerprint density at radius 3 is 2.71 bits per heavy atom. The highest BCUT2D eigenvalue weighted by atomic mass is 32.1. The molecule has 0 fully saturated rings. The van der Waals surface area contributed by atoms with Crippen molar-refractivity contribution in [3.63, 3.8) is 0 Å². The number of carbonyl (C=O) groups excluding carboxylic acids is 1. The van der Waals surface area contributed by atoms with Gasteiger partial charge in [-0.25, -0.2) is 0 Å². The van der Waals surface area contributed by atoms with Crippen LogP contribution in [0.5, 0.6) is 0 Å². The molecule has 1 amide bonds. The highest BCUT2D eigenvalue weighted by Crippen LogP contribution is 2.27. The Morgan fingerprint density at radius 2 is 2.05 bits per heavy atom. The van der Waals surface area contributed by atoms with Crippen molar-refractivity contribution in [1.82, 2.24) is 15.0 Å². The summed E-state index contributed by atoms with van der Waals surface area (Å²) in [6, 6.07) is 2.24. The first kappa shape index (κ1) is 15.4. The summed E-state index contributed by atoms with van der Waals surface area (Å²) in [7, 11) is 0. The molecule has 21 heavy (non-hydrogen) atoms. The quantitative estimate of drug-likeness (QED) is 0.888. The lowest BCUT2D eigenvalue weighted by molar-refractivity contribution is -0.114. The van der Waals surface area contributed by atoms with E-state index >= 15 is 0 Å². The van der Waals surface area contributed by atoms with E-state index in [4.69, 9.17) is 0 Å². The van der Waals surface area contributed by atoms with Gasteiger partial charge >= 0.3 is 0 Å². The largest absolute Gasteiger partial charge is 0.347 e. The van der Waals surface area contributed by atoms with E-state index in [9.17, 15) is 4.79 Å². The molecule has 0 aliphatic heterocycles. The average Bonchev–Trinajstić information content (AvgIpc) is 2.85. The average molecular weight is 305 g/mol. The van der Waals surface area contributed by atoms with Crippen LogP contribution < -0.4 is 10.6 Å². The topological polar surface area (TPSA) is 79.8 Å². The first-order valence-electron chi connectivity index (χ1n) is 6.82. The van der Waals surface area contributed by atoms with Crippen molar-refractivity contribution in [2.75, 3.05) is 10.6 Å². The Kier molecular flexibility index (Phi) is 4.85. The van der Waals surface area contributed by atoms with Gasteiger partial charge < -0.3 is 5.32 Å². The fourth-order valence-corrected chi connectivity index (χ4v) is 3.04. The minimum atomic E-state index is -0.203. The molecule has 2 aromatic heterocycles. The van der Waals surface area contributed by atoms with Gasteiger partial charge in [0, 0.05) is 11.8 Å². The highest BCUT2D eigenvalue weighted by Gasteiger charge is 2.13. The number of anilines is 2. The minimum absolute atomic E-state index is 0.104. The first-order chi connectivity index (χ1) is 9.99. The van der Waals surface area contributed by atoms with Crippen LogP contribution in [0.1, 0.15) is 43.1 Å². The Labute approximate surface area is 128 Å². The van der Waals surface area contributed by atoms with Crippen molar-refractivity contribution < 1.29 is 4.79 Å². The molecule has 0 aromatic carbocycles. The van der Waals surface area contributed by atoms with Crippen LogP contribution in [-0.4, -0.2) is 20.9 Å². The third-order valence-corrected chi connectivity index (χ3v) is 4.08. The number of aryl methyl sites for hydroxylation is 2. The molecule has 0 spiro atoms. The van der Waals surface area contributed by atoms with Crippen molar-refractivity contribution in [1.29, 1.82) is 0 Å². The number of hydrogen-bond acceptors (Lipinski definition) is 6. The number of thiophene rings is 1. The normalized spacial score (nSPS) is 12.0. The maximum absolute atomic E-state index is 11.1. The second-order valence-electron chi connectivity index (χ2n) is 4.74. The third-order valence-electron chi connectivity index (χ3n) is 2.94. The zero-order valence-electron chi connectivity index (χ0n) is 12.6. The van der Waals surface area contributed by atoms with Crippen LogP contribution in [0, 0.1) is 6.92 Å². The highest BCUT2D eigenvalue weighted by molar-refractivity contribution is 7.10. The predicted octanol–water partition coefficient (Wildman–Crippen LogP) is 2.94. The summed E-state index contributed by atoms with van der Waals surface area (Å²) >= 11 is 1.72. The SMILES string of the molecule is CCc1ccsc1C(C)Nc1nc(C)nc(NC(C)=O)n1. The molecule has 7 heteroatoms. The van der Waals surface area contributed by atoms with Crippen molar-refractivity contribution >= 4 is 29.1 Å². The van der Waals surface area contributed by atoms with Gasteiger partial charge in [0.05, 0.1) is 6.04 Å². The number of amides is 1. The Hall–Kier alpha value is -2.02. The molecule has 6 nitrogen and oxygen atoms in total. The molecule has 0 bridgehead atoms. The second kappa shape index (κ2) is 6.62. The molecule has 0 aliphatic rings. The lowest BCUT2D eigenvalue weighted by Crippen LogP contribution is -2.15. The molecule has 1 atom stereocenters. The molecule has 0 radical (unpaired) electrons. The molecule has 0 saturated carbocycles. The standard InChI is InChI=1S/C14H19N5OS/c1-5-11-6-7-21-12(11)8(2)15-13-16-9(3)17-14(19-13)18-10(4)20/h6-8H,5H2,1-4H3,(H2,15,16,17,18,19,20). The Balaban J connectivity index is 2.19. The summed E-state index contributed by atoms with van der Waals surface area (Å²) in [4.78, 5) is 24.9. The van der Waals surface area contributed by atoms with E-state index in [-0.39, 0.29) is 17.9 Å². The van der Waals surface area contributed by atoms with E-state index in [0.29, 0.717) is 11.8 Å². The summed E-state index contributed by atoms with van der Waals surface area (Å²) < 4.78 is 0. The van der Waals surface area contributed by atoms with Gasteiger partial charge in [0.2, 0.25) is 17.8 Å². The summed E-state index contributed by atoms with van der Waals surface area (Å²) in [6.45, 7) is 7.40. The van der Waals surface area contributed by atoms with E-state index in [2.05, 4.69) is 50.9 Å². The molecule has 2 N–H and O–H groups in total. The van der Waals surface area contributed by atoms with E-state index in [0.717, 1.165) is 6.42 Å². The van der Waals surface area contributed by atoms with Gasteiger partial charge in [-0.15, -0.1) is 11.3 Å². The van der Waals surface area contributed by atoms with Crippen molar-refractivity contribution in [2.45, 2.75) is 40.2 Å². The number of carbonyl (C=O) groups is 1. The van der Waals surface area contributed by atoms with Gasteiger partial charge in [0.15, 0.2) is 0 Å². The van der Waals surface area contributed by atoms with E-state index in [1.54, 1.807) is 18.3 Å². The van der Waals surface area contributed by atoms with Crippen molar-refractivity contribution in [3.8, 4) is 0 Å². The molecule has 112 valence electrons. The monoisotopic (exact) mass is 305 g/mol. The number of nitrogens with zero attached hydrogens (tertiary/aromatic N) is 3. The number of rotatable bonds is 5. The van der Waals surface area contributed by atoms with Gasteiger partial charge in [-0.2, -0.15) is 15.0 Å². The number of nitrogens with one attached hydrogen (secondary N) is 2. The molecule has 2 heterocycles. The van der Waals surface area contributed by atoms with Crippen LogP contribution in [0.2, 0.25) is 0 Å². The third kappa shape index (κ3) is 3.98. The molecular formula is C14H19N5OS. The molecule has 0 aliphatic carbocycles. The molecule has 0 saturated heterocycles. The van der Waals surface area contributed by atoms with Crippen LogP contribution in [0.3, 0.4) is 0 Å².